The molecule has 1 fully saturated rings. The monoisotopic (exact) mass is 428 g/mol. The van der Waals surface area contributed by atoms with Gasteiger partial charge in [0.15, 0.2) is 0 Å². The number of nitrogens with zero attached hydrogens (tertiary/aromatic N) is 2. The molecular weight excluding hydrogens is 400 g/mol. The van der Waals surface area contributed by atoms with E-state index < -0.39 is 17.7 Å². The number of amides is 1. The molecule has 3 aromatic carbocycles. The molecular formula is C27H28N2O3. The van der Waals surface area contributed by atoms with Gasteiger partial charge in [-0.3, -0.25) is 9.59 Å². The summed E-state index contributed by atoms with van der Waals surface area (Å²) < 4.78 is 0. The van der Waals surface area contributed by atoms with Gasteiger partial charge < -0.3 is 14.9 Å². The van der Waals surface area contributed by atoms with Gasteiger partial charge in [-0.15, -0.1) is 0 Å². The zero-order valence-corrected chi connectivity index (χ0v) is 18.9. The van der Waals surface area contributed by atoms with E-state index in [0.29, 0.717) is 18.7 Å². The number of carbonyl (C=O) groups excluding carboxylic acids is 2. The van der Waals surface area contributed by atoms with Crippen molar-refractivity contribution in [1.29, 1.82) is 0 Å². The molecule has 32 heavy (non-hydrogen) atoms. The molecule has 1 atom stereocenters. The van der Waals surface area contributed by atoms with Crippen LogP contribution < -0.4 is 0 Å². The van der Waals surface area contributed by atoms with E-state index >= 15 is 0 Å². The smallest absolute Gasteiger partial charge is 0.295 e. The van der Waals surface area contributed by atoms with Crippen LogP contribution in [0.1, 0.15) is 28.3 Å². The molecule has 1 heterocycles. The summed E-state index contributed by atoms with van der Waals surface area (Å²) in [6, 6.07) is 18.9. The van der Waals surface area contributed by atoms with Crippen LogP contribution in [0.4, 0.5) is 0 Å². The first-order valence-corrected chi connectivity index (χ1v) is 10.8. The number of likely N-dealkylation sites (N-methyl/N-ethyl adjacent to an activating group) is 1. The lowest BCUT2D eigenvalue weighted by Gasteiger charge is -2.27. The average Bonchev–Trinajstić information content (AvgIpc) is 3.03. The molecule has 1 amide bonds. The Morgan fingerprint density at radius 1 is 1.00 bits per heavy atom. The standard InChI is InChI=1S/C27H28N2O3/c1-17-12-13-18(2)22(16-17)25(30)23-24(29(15-14-28(3)4)27(32)26(23)31)21-11-7-9-19-8-5-6-10-20(19)21/h5-13,16,24,30H,14-15H2,1-4H3/b25-23+. The molecule has 1 saturated heterocycles. The van der Waals surface area contributed by atoms with E-state index in [-0.39, 0.29) is 11.3 Å². The molecule has 3 aromatic rings. The highest BCUT2D eigenvalue weighted by Gasteiger charge is 2.46. The van der Waals surface area contributed by atoms with Gasteiger partial charge in [0.05, 0.1) is 11.6 Å². The molecule has 1 aliphatic rings. The van der Waals surface area contributed by atoms with Gasteiger partial charge in [-0.1, -0.05) is 60.2 Å². The molecule has 0 saturated carbocycles. The van der Waals surface area contributed by atoms with E-state index in [2.05, 4.69) is 0 Å². The van der Waals surface area contributed by atoms with Gasteiger partial charge in [0.1, 0.15) is 5.76 Å². The van der Waals surface area contributed by atoms with Gasteiger partial charge in [0.2, 0.25) is 0 Å². The molecule has 1 N–H and O–H groups in total. The number of fused-ring (bicyclic) bond motifs is 1. The summed E-state index contributed by atoms with van der Waals surface area (Å²) in [6.07, 6.45) is 0. The maximum atomic E-state index is 13.3. The van der Waals surface area contributed by atoms with Crippen molar-refractivity contribution in [2.24, 2.45) is 0 Å². The summed E-state index contributed by atoms with van der Waals surface area (Å²) in [5.74, 6) is -1.33. The number of hydrogen-bond acceptors (Lipinski definition) is 4. The van der Waals surface area contributed by atoms with E-state index in [1.54, 1.807) is 4.90 Å². The van der Waals surface area contributed by atoms with Crippen LogP contribution in [-0.2, 0) is 9.59 Å². The van der Waals surface area contributed by atoms with Crippen LogP contribution in [0.2, 0.25) is 0 Å². The van der Waals surface area contributed by atoms with Crippen LogP contribution in [0.3, 0.4) is 0 Å². The fraction of sp³-hybridized carbons (Fsp3) is 0.259. The second kappa shape index (κ2) is 8.60. The number of benzene rings is 3. The Labute approximate surface area is 188 Å². The lowest BCUT2D eigenvalue weighted by Crippen LogP contribution is -2.35. The lowest BCUT2D eigenvalue weighted by atomic mass is 9.90. The highest BCUT2D eigenvalue weighted by molar-refractivity contribution is 6.46. The van der Waals surface area contributed by atoms with Gasteiger partial charge in [0.25, 0.3) is 11.7 Å². The maximum Gasteiger partial charge on any atom is 0.295 e. The normalized spacial score (nSPS) is 18.2. The SMILES string of the molecule is Cc1ccc(C)c(/C(O)=C2\C(=O)C(=O)N(CCN(C)C)C2c2cccc3ccccc23)c1. The van der Waals surface area contributed by atoms with E-state index in [1.165, 1.54) is 0 Å². The maximum absolute atomic E-state index is 13.3. The van der Waals surface area contributed by atoms with Gasteiger partial charge in [-0.05, 0) is 55.9 Å². The number of aryl methyl sites for hydroxylation is 2. The first-order chi connectivity index (χ1) is 15.3. The molecule has 0 bridgehead atoms. The number of ketones is 1. The third-order valence-corrected chi connectivity index (χ3v) is 6.09. The van der Waals surface area contributed by atoms with Crippen LogP contribution in [0.25, 0.3) is 16.5 Å². The Morgan fingerprint density at radius 3 is 2.47 bits per heavy atom. The molecule has 0 aliphatic carbocycles. The lowest BCUT2D eigenvalue weighted by molar-refractivity contribution is -0.140. The van der Waals surface area contributed by atoms with Crippen molar-refractivity contribution in [1.82, 2.24) is 9.80 Å². The van der Waals surface area contributed by atoms with Gasteiger partial charge in [-0.2, -0.15) is 0 Å². The van der Waals surface area contributed by atoms with Crippen LogP contribution >= 0.6 is 0 Å². The summed E-state index contributed by atoms with van der Waals surface area (Å²) in [5, 5.41) is 13.4. The minimum Gasteiger partial charge on any atom is -0.507 e. The van der Waals surface area contributed by atoms with E-state index in [1.807, 2.05) is 93.5 Å². The second-order valence-corrected chi connectivity index (χ2v) is 8.68. The zero-order chi connectivity index (χ0) is 23.0. The van der Waals surface area contributed by atoms with Crippen LogP contribution in [0.5, 0.6) is 0 Å². The van der Waals surface area contributed by atoms with Crippen molar-refractivity contribution in [3.8, 4) is 0 Å². The van der Waals surface area contributed by atoms with Gasteiger partial charge in [-0.25, -0.2) is 0 Å². The van der Waals surface area contributed by atoms with E-state index in [4.69, 9.17) is 0 Å². The van der Waals surface area contributed by atoms with Crippen LogP contribution in [0.15, 0.2) is 66.2 Å². The topological polar surface area (TPSA) is 60.9 Å². The number of hydrogen-bond donors (Lipinski definition) is 1. The molecule has 164 valence electrons. The predicted molar refractivity (Wildman–Crippen MR) is 127 cm³/mol. The molecule has 0 aromatic heterocycles. The molecule has 0 spiro atoms. The molecule has 4 rings (SSSR count). The fourth-order valence-corrected chi connectivity index (χ4v) is 4.37. The second-order valence-electron chi connectivity index (χ2n) is 8.68. The van der Waals surface area contributed by atoms with Crippen molar-refractivity contribution in [3.63, 3.8) is 0 Å². The summed E-state index contributed by atoms with van der Waals surface area (Å²) in [5.41, 5.74) is 3.40. The first kappa shape index (κ1) is 21.8. The average molecular weight is 429 g/mol. The zero-order valence-electron chi connectivity index (χ0n) is 18.9. The van der Waals surface area contributed by atoms with Crippen LogP contribution in [-0.4, -0.2) is 53.8 Å². The summed E-state index contributed by atoms with van der Waals surface area (Å²) in [6.45, 7) is 4.82. The predicted octanol–water partition coefficient (Wildman–Crippen LogP) is 4.44. The van der Waals surface area contributed by atoms with Crippen molar-refractivity contribution >= 4 is 28.2 Å². The third-order valence-electron chi connectivity index (χ3n) is 6.09. The third kappa shape index (κ3) is 3.80. The Hall–Kier alpha value is -3.44. The highest BCUT2D eigenvalue weighted by Crippen LogP contribution is 2.42. The number of rotatable bonds is 5. The van der Waals surface area contributed by atoms with Crippen molar-refractivity contribution < 1.29 is 14.7 Å². The number of aliphatic hydroxyl groups excluding tert-OH is 1. The minimum atomic E-state index is -0.652. The van der Waals surface area contributed by atoms with Crippen molar-refractivity contribution in [2.45, 2.75) is 19.9 Å². The number of likely N-dealkylation sites (tertiary alicyclic amines) is 1. The Bertz CT molecular complexity index is 1240. The largest absolute Gasteiger partial charge is 0.507 e. The molecule has 1 unspecified atom stereocenters. The Balaban J connectivity index is 1.97. The quantitative estimate of drug-likeness (QED) is 0.371. The molecule has 5 nitrogen and oxygen atoms in total. The van der Waals surface area contributed by atoms with E-state index in [0.717, 1.165) is 27.5 Å². The summed E-state index contributed by atoms with van der Waals surface area (Å²) >= 11 is 0. The minimum absolute atomic E-state index is 0.116. The fourth-order valence-electron chi connectivity index (χ4n) is 4.37. The molecule has 1 aliphatic heterocycles. The van der Waals surface area contributed by atoms with E-state index in [9.17, 15) is 14.7 Å². The molecule has 0 radical (unpaired) electrons. The summed E-state index contributed by atoms with van der Waals surface area (Å²) in [4.78, 5) is 30.0. The van der Waals surface area contributed by atoms with Crippen molar-refractivity contribution in [2.75, 3.05) is 27.2 Å². The first-order valence-electron chi connectivity index (χ1n) is 10.8. The number of carbonyl (C=O) groups is 2. The van der Waals surface area contributed by atoms with Crippen LogP contribution in [0, 0.1) is 13.8 Å². The Morgan fingerprint density at radius 2 is 1.72 bits per heavy atom. The number of Topliss-reactive ketones (excluding diaryl/α,β-unsaturated/α-hetero) is 1. The number of aliphatic hydroxyl groups is 1. The van der Waals surface area contributed by atoms with Gasteiger partial charge >= 0.3 is 0 Å². The summed E-state index contributed by atoms with van der Waals surface area (Å²) in [7, 11) is 3.86. The Kier molecular flexibility index (Phi) is 5.85. The highest BCUT2D eigenvalue weighted by atomic mass is 16.3. The van der Waals surface area contributed by atoms with Gasteiger partial charge in [0, 0.05) is 18.7 Å². The molecule has 5 heteroatoms. The van der Waals surface area contributed by atoms with Crippen molar-refractivity contribution in [3.05, 3.63) is 88.5 Å².